The first-order chi connectivity index (χ1) is 12.1. The van der Waals surface area contributed by atoms with Gasteiger partial charge in [0.05, 0.1) is 12.5 Å². The van der Waals surface area contributed by atoms with Crippen LogP contribution in [0.1, 0.15) is 23.1 Å². The van der Waals surface area contributed by atoms with Crippen molar-refractivity contribution in [2.75, 3.05) is 13.1 Å². The van der Waals surface area contributed by atoms with Crippen molar-refractivity contribution in [2.45, 2.75) is 38.5 Å². The number of carbonyl (C=O) groups is 1. The fourth-order valence-corrected chi connectivity index (χ4v) is 3.46. The summed E-state index contributed by atoms with van der Waals surface area (Å²) in [7, 11) is 0. The number of aliphatic hydroxyl groups is 1. The smallest absolute Gasteiger partial charge is 0.224 e. The second-order valence-corrected chi connectivity index (χ2v) is 6.87. The maximum Gasteiger partial charge on any atom is 0.224 e. The van der Waals surface area contributed by atoms with E-state index in [-0.39, 0.29) is 18.1 Å². The molecule has 0 radical (unpaired) electrons. The molecule has 0 spiro atoms. The molecule has 1 saturated heterocycles. The van der Waals surface area contributed by atoms with E-state index in [0.29, 0.717) is 25.9 Å². The number of carbonyl (C=O) groups excluding carboxylic acids is 1. The molecule has 1 heterocycles. The largest absolute Gasteiger partial charge is 0.392 e. The maximum absolute atomic E-state index is 12.3. The van der Waals surface area contributed by atoms with Crippen LogP contribution in [0.25, 0.3) is 0 Å². The molecule has 1 aliphatic heterocycles. The summed E-state index contributed by atoms with van der Waals surface area (Å²) < 4.78 is 0. The van der Waals surface area contributed by atoms with Crippen LogP contribution in [0.5, 0.6) is 0 Å². The Morgan fingerprint density at radius 1 is 1.16 bits per heavy atom. The van der Waals surface area contributed by atoms with Gasteiger partial charge in [0.1, 0.15) is 0 Å². The van der Waals surface area contributed by atoms with Crippen LogP contribution < -0.4 is 5.32 Å². The number of hydrogen-bond acceptors (Lipinski definition) is 3. The summed E-state index contributed by atoms with van der Waals surface area (Å²) in [6, 6.07) is 18.4. The summed E-state index contributed by atoms with van der Waals surface area (Å²) in [5.41, 5.74) is 3.43. The summed E-state index contributed by atoms with van der Waals surface area (Å²) >= 11 is 0. The Morgan fingerprint density at radius 2 is 1.88 bits per heavy atom. The zero-order valence-corrected chi connectivity index (χ0v) is 14.7. The lowest BCUT2D eigenvalue weighted by Gasteiger charge is -2.24. The normalized spacial score (nSPS) is 20.6. The standard InChI is InChI=1S/C21H26N2O2/c1-16-7-5-6-10-18(16)11-21(25)22-13-19-12-20(24)15-23(19)14-17-8-3-2-4-9-17/h2-10,19-20,24H,11-15H2,1H3,(H,22,25). The van der Waals surface area contributed by atoms with E-state index in [9.17, 15) is 9.90 Å². The van der Waals surface area contributed by atoms with Gasteiger partial charge in [-0.15, -0.1) is 0 Å². The molecule has 132 valence electrons. The van der Waals surface area contributed by atoms with Crippen LogP contribution in [0.2, 0.25) is 0 Å². The predicted molar refractivity (Wildman–Crippen MR) is 99.2 cm³/mol. The van der Waals surface area contributed by atoms with Crippen LogP contribution in [0.4, 0.5) is 0 Å². The molecular formula is C21H26N2O2. The van der Waals surface area contributed by atoms with E-state index in [0.717, 1.165) is 17.7 Å². The molecule has 1 amide bonds. The van der Waals surface area contributed by atoms with Gasteiger partial charge in [-0.1, -0.05) is 54.6 Å². The van der Waals surface area contributed by atoms with E-state index in [4.69, 9.17) is 0 Å². The van der Waals surface area contributed by atoms with Crippen LogP contribution in [0.15, 0.2) is 54.6 Å². The molecule has 3 rings (SSSR count). The van der Waals surface area contributed by atoms with Gasteiger partial charge < -0.3 is 10.4 Å². The Morgan fingerprint density at radius 3 is 2.64 bits per heavy atom. The average molecular weight is 338 g/mol. The monoisotopic (exact) mass is 338 g/mol. The van der Waals surface area contributed by atoms with Gasteiger partial charge in [-0.25, -0.2) is 0 Å². The first kappa shape index (κ1) is 17.6. The van der Waals surface area contributed by atoms with Gasteiger partial charge in [-0.05, 0) is 30.0 Å². The number of amides is 1. The van der Waals surface area contributed by atoms with Gasteiger partial charge in [-0.3, -0.25) is 9.69 Å². The third-order valence-corrected chi connectivity index (χ3v) is 4.88. The second kappa shape index (κ2) is 8.28. The highest BCUT2D eigenvalue weighted by atomic mass is 16.3. The third-order valence-electron chi connectivity index (χ3n) is 4.88. The summed E-state index contributed by atoms with van der Waals surface area (Å²) in [5, 5.41) is 13.1. The lowest BCUT2D eigenvalue weighted by atomic mass is 10.1. The minimum absolute atomic E-state index is 0.0374. The number of aliphatic hydroxyl groups excluding tert-OH is 1. The van der Waals surface area contributed by atoms with Crippen molar-refractivity contribution in [2.24, 2.45) is 0 Å². The van der Waals surface area contributed by atoms with Gasteiger partial charge in [-0.2, -0.15) is 0 Å². The van der Waals surface area contributed by atoms with Gasteiger partial charge in [0.15, 0.2) is 0 Å². The van der Waals surface area contributed by atoms with Crippen LogP contribution in [-0.2, 0) is 17.8 Å². The Kier molecular flexibility index (Phi) is 5.84. The van der Waals surface area contributed by atoms with E-state index in [1.165, 1.54) is 5.56 Å². The Bertz CT molecular complexity index is 702. The average Bonchev–Trinajstić information content (AvgIpc) is 2.95. The van der Waals surface area contributed by atoms with E-state index >= 15 is 0 Å². The highest BCUT2D eigenvalue weighted by Crippen LogP contribution is 2.20. The fourth-order valence-electron chi connectivity index (χ4n) is 3.46. The summed E-state index contributed by atoms with van der Waals surface area (Å²) in [6.07, 6.45) is 0.792. The number of benzene rings is 2. The molecule has 0 bridgehead atoms. The molecule has 0 saturated carbocycles. The van der Waals surface area contributed by atoms with E-state index < -0.39 is 0 Å². The molecule has 1 aliphatic rings. The first-order valence-electron chi connectivity index (χ1n) is 8.89. The molecule has 0 aromatic heterocycles. The van der Waals surface area contributed by atoms with Crippen molar-refractivity contribution < 1.29 is 9.90 Å². The molecule has 25 heavy (non-hydrogen) atoms. The van der Waals surface area contributed by atoms with E-state index in [2.05, 4.69) is 22.3 Å². The van der Waals surface area contributed by atoms with Gasteiger partial charge in [0.25, 0.3) is 0 Å². The van der Waals surface area contributed by atoms with Gasteiger partial charge in [0.2, 0.25) is 5.91 Å². The zero-order chi connectivity index (χ0) is 17.6. The lowest BCUT2D eigenvalue weighted by Crippen LogP contribution is -2.40. The Labute approximate surface area is 149 Å². The minimum Gasteiger partial charge on any atom is -0.392 e. The first-order valence-corrected chi connectivity index (χ1v) is 8.89. The molecule has 4 nitrogen and oxygen atoms in total. The summed E-state index contributed by atoms with van der Waals surface area (Å²) in [5.74, 6) is 0.0374. The third kappa shape index (κ3) is 4.91. The molecule has 4 heteroatoms. The minimum atomic E-state index is -0.318. The summed E-state index contributed by atoms with van der Waals surface area (Å²) in [4.78, 5) is 14.5. The van der Waals surface area contributed by atoms with Gasteiger partial charge >= 0.3 is 0 Å². The number of β-amino-alcohol motifs (C(OH)–C–C–N with tert-alkyl or cyclic N) is 1. The molecule has 0 aliphatic carbocycles. The number of nitrogens with one attached hydrogen (secondary N) is 1. The number of rotatable bonds is 6. The van der Waals surface area contributed by atoms with E-state index in [1.54, 1.807) is 0 Å². The van der Waals surface area contributed by atoms with Crippen molar-refractivity contribution in [1.82, 2.24) is 10.2 Å². The molecule has 2 aromatic rings. The Hall–Kier alpha value is -2.17. The summed E-state index contributed by atoms with van der Waals surface area (Å²) in [6.45, 7) is 4.07. The Balaban J connectivity index is 1.53. The van der Waals surface area contributed by atoms with Crippen molar-refractivity contribution in [1.29, 1.82) is 0 Å². The topological polar surface area (TPSA) is 52.6 Å². The van der Waals surface area contributed by atoms with Crippen molar-refractivity contribution >= 4 is 5.91 Å². The number of likely N-dealkylation sites (tertiary alicyclic amines) is 1. The molecular weight excluding hydrogens is 312 g/mol. The molecule has 1 fully saturated rings. The van der Waals surface area contributed by atoms with Gasteiger partial charge in [0, 0.05) is 25.7 Å². The van der Waals surface area contributed by atoms with Crippen LogP contribution in [-0.4, -0.2) is 41.1 Å². The zero-order valence-electron chi connectivity index (χ0n) is 14.7. The van der Waals surface area contributed by atoms with Crippen LogP contribution in [0.3, 0.4) is 0 Å². The van der Waals surface area contributed by atoms with Crippen LogP contribution >= 0.6 is 0 Å². The fraction of sp³-hybridized carbons (Fsp3) is 0.381. The lowest BCUT2D eigenvalue weighted by molar-refractivity contribution is -0.120. The van der Waals surface area contributed by atoms with Crippen molar-refractivity contribution in [3.8, 4) is 0 Å². The highest BCUT2D eigenvalue weighted by Gasteiger charge is 2.30. The number of nitrogens with zero attached hydrogens (tertiary/aromatic N) is 1. The molecule has 2 atom stereocenters. The van der Waals surface area contributed by atoms with Crippen molar-refractivity contribution in [3.05, 3.63) is 71.3 Å². The maximum atomic E-state index is 12.3. The van der Waals surface area contributed by atoms with Crippen molar-refractivity contribution in [3.63, 3.8) is 0 Å². The molecule has 2 aromatic carbocycles. The molecule has 2 N–H and O–H groups in total. The number of hydrogen-bond donors (Lipinski definition) is 2. The van der Waals surface area contributed by atoms with Crippen LogP contribution in [0, 0.1) is 6.92 Å². The quantitative estimate of drug-likeness (QED) is 0.850. The van der Waals surface area contributed by atoms with E-state index in [1.807, 2.05) is 49.4 Å². The SMILES string of the molecule is Cc1ccccc1CC(=O)NCC1CC(O)CN1Cc1ccccc1. The number of aryl methyl sites for hydroxylation is 1. The molecule has 2 unspecified atom stereocenters. The second-order valence-electron chi connectivity index (χ2n) is 6.87. The predicted octanol–water partition coefficient (Wildman–Crippen LogP) is 2.29. The highest BCUT2D eigenvalue weighted by molar-refractivity contribution is 5.78.